The minimum atomic E-state index is 0. The van der Waals surface area contributed by atoms with Crippen LogP contribution in [0.3, 0.4) is 0 Å². The van der Waals surface area contributed by atoms with Gasteiger partial charge in [-0.15, -0.1) is 140 Å². The van der Waals surface area contributed by atoms with Crippen LogP contribution in [-0.2, 0) is 47.3 Å². The minimum Gasteiger partial charge on any atom is -0.383 e. The molecule has 17 heteroatoms. The molecule has 0 saturated carbocycles. The summed E-state index contributed by atoms with van der Waals surface area (Å²) in [7, 11) is 2.10. The molecule has 24 aromatic rings. The third kappa shape index (κ3) is 14.5. The van der Waals surface area contributed by atoms with Crippen molar-refractivity contribution >= 4 is 109 Å². The van der Waals surface area contributed by atoms with Gasteiger partial charge in [-0.25, -0.2) is 0 Å². The Bertz CT molecular complexity index is 7090. The molecule has 0 unspecified atom stereocenters. The van der Waals surface area contributed by atoms with Gasteiger partial charge in [-0.2, -0.15) is 20.4 Å². The summed E-state index contributed by atoms with van der Waals surface area (Å²) >= 11 is 0. The first-order chi connectivity index (χ1) is 60.3. The van der Waals surface area contributed by atoms with Crippen LogP contribution < -0.4 is 0 Å². The van der Waals surface area contributed by atoms with E-state index in [9.17, 15) is 0 Å². The Hall–Kier alpha value is -15.2. The molecular formula is C107H71Ir2N15-4. The van der Waals surface area contributed by atoms with Gasteiger partial charge >= 0.3 is 0 Å². The standard InChI is InChI=1S/2C38H23N6.C18H13N2.C13H12N.2Ir/c2*1-5-13-33-29(9-1)30-10-2-6-14-34(30)43(33)27-21-17-25(18-22-27)37-39-41-38(42-40-37)26-19-23-28(24-20-26)44-35-15-7-3-11-31(35)32-12-4-8-16-36(32)44;1-20-17-11-3-2-7-13(17)14-8-6-9-15(18(14)20)16-10-4-5-12-19-16;1-10-8-13(14-9-11(10)2)12-6-4-3-5-7-12;;/h2*1-19,21-24H;2-8,10-12H,1H3;3-6,8-9H,1-2H3;;/q4*-1;;. The van der Waals surface area contributed by atoms with Crippen molar-refractivity contribution in [1.29, 1.82) is 0 Å². The van der Waals surface area contributed by atoms with Crippen LogP contribution in [0.2, 0.25) is 0 Å². The molecule has 0 aliphatic rings. The molecule has 2 radical (unpaired) electrons. The average molecular weight is 1950 g/mol. The van der Waals surface area contributed by atoms with Gasteiger partial charge in [-0.05, 0) is 162 Å². The van der Waals surface area contributed by atoms with Crippen molar-refractivity contribution in [3.05, 3.63) is 412 Å². The van der Waals surface area contributed by atoms with Gasteiger partial charge in [0, 0.05) is 153 Å². The molecule has 124 heavy (non-hydrogen) atoms. The SMILES string of the molecule is Cc1cnc(-c2[c-]cccc2)cc1C.Cn1c2ccccc2c2cc[c-]c(-c3ccccn3)c21.[Ir].[Ir].[c-]1cc(-n2c3ccccc3c3ccccc32)ccc1-c1nnc(-c2ccc(-n3c4ccccc4c4ccccc43)cc2)nn1.[c-]1cc(-n2c3ccccc3c3ccccc32)ccc1-c1nnc(-c2ccc(-n3c4ccccc4c4ccccc43)cc2)nn1. The normalized spacial score (nSPS) is 11.2. The number of benzene rings is 15. The van der Waals surface area contributed by atoms with Crippen molar-refractivity contribution in [2.24, 2.45) is 7.05 Å². The zero-order valence-corrected chi connectivity index (χ0v) is 72.0. The Balaban J connectivity index is 0.000000118. The molecule has 0 amide bonds. The topological polar surface area (TPSA) is 154 Å². The van der Waals surface area contributed by atoms with E-state index in [0.717, 1.165) is 89.6 Å². The number of aryl methyl sites for hydroxylation is 3. The maximum Gasteiger partial charge on any atom is 0.201 e. The zero-order chi connectivity index (χ0) is 81.6. The summed E-state index contributed by atoms with van der Waals surface area (Å²) in [6.07, 6.45) is 3.73. The third-order valence-electron chi connectivity index (χ3n) is 22.8. The molecule has 9 heterocycles. The molecule has 0 saturated heterocycles. The maximum atomic E-state index is 4.47. The molecule has 0 bridgehead atoms. The molecule has 0 N–H and O–H groups in total. The number of para-hydroxylation sites is 9. The van der Waals surface area contributed by atoms with Crippen LogP contribution in [0.15, 0.2) is 376 Å². The Morgan fingerprint density at radius 3 is 0.935 bits per heavy atom. The van der Waals surface area contributed by atoms with Crippen LogP contribution in [0.5, 0.6) is 0 Å². The first-order valence-corrected chi connectivity index (χ1v) is 40.3. The predicted molar refractivity (Wildman–Crippen MR) is 492 cm³/mol. The van der Waals surface area contributed by atoms with Gasteiger partial charge in [0.05, 0.1) is 22.1 Å². The van der Waals surface area contributed by atoms with E-state index in [1.54, 1.807) is 0 Å². The van der Waals surface area contributed by atoms with Crippen molar-refractivity contribution < 1.29 is 40.2 Å². The minimum absolute atomic E-state index is 0. The monoisotopic (exact) mass is 1950 g/mol. The first kappa shape index (κ1) is 78.6. The van der Waals surface area contributed by atoms with E-state index in [1.165, 1.54) is 98.1 Å². The van der Waals surface area contributed by atoms with E-state index in [4.69, 9.17) is 0 Å². The van der Waals surface area contributed by atoms with E-state index in [-0.39, 0.29) is 40.2 Å². The molecule has 15 nitrogen and oxygen atoms in total. The average Bonchev–Trinajstić information content (AvgIpc) is 1.62. The van der Waals surface area contributed by atoms with Crippen LogP contribution in [0.1, 0.15) is 11.1 Å². The van der Waals surface area contributed by atoms with Gasteiger partial charge in [0.25, 0.3) is 0 Å². The van der Waals surface area contributed by atoms with Gasteiger partial charge in [0.1, 0.15) is 11.6 Å². The Morgan fingerprint density at radius 2 is 0.589 bits per heavy atom. The first-order valence-electron chi connectivity index (χ1n) is 40.3. The quantitative estimate of drug-likeness (QED) is 0.121. The van der Waals surface area contributed by atoms with Crippen molar-refractivity contribution in [3.63, 3.8) is 0 Å². The van der Waals surface area contributed by atoms with Crippen molar-refractivity contribution in [2.45, 2.75) is 13.8 Å². The summed E-state index contributed by atoms with van der Waals surface area (Å²) < 4.78 is 11.3. The molecule has 0 fully saturated rings. The molecular weight excluding hydrogens is 1880 g/mol. The van der Waals surface area contributed by atoms with E-state index < -0.39 is 0 Å². The maximum absolute atomic E-state index is 4.47. The van der Waals surface area contributed by atoms with E-state index in [1.807, 2.05) is 109 Å². The van der Waals surface area contributed by atoms with Crippen LogP contribution in [0, 0.1) is 38.1 Å². The largest absolute Gasteiger partial charge is 0.383 e. The fourth-order valence-corrected chi connectivity index (χ4v) is 16.8. The van der Waals surface area contributed by atoms with Gasteiger partial charge in [-0.3, -0.25) is 0 Å². The summed E-state index contributed by atoms with van der Waals surface area (Å²) in [5.74, 6) is 1.82. The van der Waals surface area contributed by atoms with Crippen molar-refractivity contribution in [2.75, 3.05) is 0 Å². The van der Waals surface area contributed by atoms with Gasteiger partial charge < -0.3 is 32.8 Å². The molecule has 15 aromatic carbocycles. The summed E-state index contributed by atoms with van der Waals surface area (Å²) in [6.45, 7) is 4.17. The second-order valence-corrected chi connectivity index (χ2v) is 29.9. The van der Waals surface area contributed by atoms with E-state index in [2.05, 4.69) is 386 Å². The number of aromatic nitrogens is 15. The summed E-state index contributed by atoms with van der Waals surface area (Å²) in [5, 5.41) is 47.7. The number of fused-ring (bicyclic) bond motifs is 15. The molecule has 0 atom stereocenters. The smallest absolute Gasteiger partial charge is 0.201 e. The molecule has 24 rings (SSSR count). The Labute approximate surface area is 740 Å². The van der Waals surface area contributed by atoms with Crippen molar-refractivity contribution in [1.82, 2.24) is 73.6 Å². The van der Waals surface area contributed by atoms with Crippen LogP contribution >= 0.6 is 0 Å². The summed E-state index contributed by atoms with van der Waals surface area (Å²) in [6, 6.07) is 138. The Morgan fingerprint density at radius 1 is 0.250 bits per heavy atom. The fourth-order valence-electron chi connectivity index (χ4n) is 16.8. The molecule has 0 aliphatic heterocycles. The third-order valence-corrected chi connectivity index (χ3v) is 22.8. The molecule has 0 spiro atoms. The fraction of sp³-hybridized carbons (Fsp3) is 0.0280. The number of hydrogen-bond acceptors (Lipinski definition) is 10. The molecule has 9 aromatic heterocycles. The second-order valence-electron chi connectivity index (χ2n) is 29.9. The predicted octanol–water partition coefficient (Wildman–Crippen LogP) is 24.5. The number of rotatable bonds is 10. The van der Waals surface area contributed by atoms with E-state index >= 15 is 0 Å². The number of pyridine rings is 2. The van der Waals surface area contributed by atoms with E-state index in [0.29, 0.717) is 23.3 Å². The van der Waals surface area contributed by atoms with Crippen LogP contribution in [-0.4, -0.2) is 73.6 Å². The van der Waals surface area contributed by atoms with Gasteiger partial charge in [-0.1, -0.05) is 193 Å². The zero-order valence-electron chi connectivity index (χ0n) is 67.2. The van der Waals surface area contributed by atoms with Crippen LogP contribution in [0.4, 0.5) is 0 Å². The number of nitrogens with zero attached hydrogens (tertiary/aromatic N) is 15. The Kier molecular flexibility index (Phi) is 21.6. The number of hydrogen-bond donors (Lipinski definition) is 0. The molecule has 0 aliphatic carbocycles. The van der Waals surface area contributed by atoms with Crippen LogP contribution in [0.25, 0.3) is 200 Å². The summed E-state index contributed by atoms with van der Waals surface area (Å²) in [5.41, 5.74) is 25.7. The van der Waals surface area contributed by atoms with Crippen molar-refractivity contribution in [3.8, 4) is 90.8 Å². The van der Waals surface area contributed by atoms with Gasteiger partial charge in [0.2, 0.25) is 11.6 Å². The second kappa shape index (κ2) is 34.1. The summed E-state index contributed by atoms with van der Waals surface area (Å²) in [4.78, 5) is 8.84. The molecule has 596 valence electrons. The van der Waals surface area contributed by atoms with Gasteiger partial charge in [0.15, 0.2) is 0 Å².